The Morgan fingerprint density at radius 3 is 2.56 bits per heavy atom. The van der Waals surface area contributed by atoms with Crippen LogP contribution in [0.4, 0.5) is 5.69 Å². The van der Waals surface area contributed by atoms with Crippen LogP contribution in [0.1, 0.15) is 10.4 Å². The summed E-state index contributed by atoms with van der Waals surface area (Å²) in [6, 6.07) is 20.1. The lowest BCUT2D eigenvalue weighted by atomic mass is 10.1. The monoisotopic (exact) mass is 329 g/mol. The molecule has 0 unspecified atom stereocenters. The second kappa shape index (κ2) is 6.13. The van der Waals surface area contributed by atoms with Crippen molar-refractivity contribution in [1.29, 1.82) is 0 Å². The number of rotatable bonds is 3. The molecule has 0 aliphatic carbocycles. The van der Waals surface area contributed by atoms with Gasteiger partial charge in [-0.15, -0.1) is 0 Å². The minimum Gasteiger partial charge on any atom is -0.361 e. The van der Waals surface area contributed by atoms with E-state index in [-0.39, 0.29) is 11.5 Å². The summed E-state index contributed by atoms with van der Waals surface area (Å²) in [4.78, 5) is 30.3. The molecule has 5 heteroatoms. The molecule has 4 rings (SSSR count). The number of H-pyrrole nitrogens is 2. The molecule has 0 atom stereocenters. The standard InChI is InChI=1S/C20H15N3O2/c24-17-10-9-14-7-4-8-16(19(14)23-17)22-20(25)15-11-12-21-18(15)13-5-2-1-3-6-13/h1-12,21H,(H,22,25)(H,23,24). The largest absolute Gasteiger partial charge is 0.361 e. The van der Waals surface area contributed by atoms with Gasteiger partial charge in [-0.2, -0.15) is 0 Å². The number of anilines is 1. The molecule has 2 heterocycles. The lowest BCUT2D eigenvalue weighted by Gasteiger charge is -2.09. The number of carbonyl (C=O) groups excluding carboxylic acids is 1. The lowest BCUT2D eigenvalue weighted by Crippen LogP contribution is -2.14. The number of benzene rings is 2. The third kappa shape index (κ3) is 2.83. The van der Waals surface area contributed by atoms with Gasteiger partial charge in [0, 0.05) is 17.6 Å². The van der Waals surface area contributed by atoms with Crippen LogP contribution in [-0.4, -0.2) is 15.9 Å². The SMILES string of the molecule is O=C(Nc1cccc2ccc(=O)[nH]c12)c1cc[nH]c1-c1ccccc1. The zero-order valence-corrected chi connectivity index (χ0v) is 13.2. The van der Waals surface area contributed by atoms with Crippen LogP contribution >= 0.6 is 0 Å². The summed E-state index contributed by atoms with van der Waals surface area (Å²) >= 11 is 0. The average molecular weight is 329 g/mol. The van der Waals surface area contributed by atoms with Gasteiger partial charge in [-0.25, -0.2) is 0 Å². The normalized spacial score (nSPS) is 10.7. The molecule has 25 heavy (non-hydrogen) atoms. The van der Waals surface area contributed by atoms with Crippen molar-refractivity contribution in [2.75, 3.05) is 5.32 Å². The van der Waals surface area contributed by atoms with Crippen molar-refractivity contribution in [2.45, 2.75) is 0 Å². The van der Waals surface area contributed by atoms with E-state index < -0.39 is 0 Å². The summed E-state index contributed by atoms with van der Waals surface area (Å²) < 4.78 is 0. The van der Waals surface area contributed by atoms with Crippen LogP contribution < -0.4 is 10.9 Å². The highest BCUT2D eigenvalue weighted by Gasteiger charge is 2.15. The van der Waals surface area contributed by atoms with Gasteiger partial charge >= 0.3 is 0 Å². The van der Waals surface area contributed by atoms with Gasteiger partial charge < -0.3 is 15.3 Å². The van der Waals surface area contributed by atoms with Gasteiger partial charge in [0.1, 0.15) is 0 Å². The minimum atomic E-state index is -0.239. The minimum absolute atomic E-state index is 0.208. The quantitative estimate of drug-likeness (QED) is 0.535. The first-order valence-corrected chi connectivity index (χ1v) is 7.88. The van der Waals surface area contributed by atoms with Crippen LogP contribution in [0, 0.1) is 0 Å². The molecule has 122 valence electrons. The average Bonchev–Trinajstić information content (AvgIpc) is 3.13. The van der Waals surface area contributed by atoms with E-state index in [1.54, 1.807) is 24.4 Å². The number of amides is 1. The number of hydrogen-bond acceptors (Lipinski definition) is 2. The van der Waals surface area contributed by atoms with Crippen molar-refractivity contribution in [2.24, 2.45) is 0 Å². The van der Waals surface area contributed by atoms with Gasteiger partial charge in [0.2, 0.25) is 5.56 Å². The maximum absolute atomic E-state index is 12.8. The molecule has 4 aromatic rings. The number of para-hydroxylation sites is 1. The molecular weight excluding hydrogens is 314 g/mol. The highest BCUT2D eigenvalue weighted by Crippen LogP contribution is 2.24. The summed E-state index contributed by atoms with van der Waals surface area (Å²) in [5, 5.41) is 3.75. The first-order chi connectivity index (χ1) is 12.2. The summed E-state index contributed by atoms with van der Waals surface area (Å²) in [6.07, 6.45) is 1.74. The molecule has 0 fully saturated rings. The molecule has 3 N–H and O–H groups in total. The molecule has 0 spiro atoms. The van der Waals surface area contributed by atoms with Gasteiger partial charge in [-0.05, 0) is 23.8 Å². The van der Waals surface area contributed by atoms with E-state index in [1.807, 2.05) is 42.5 Å². The smallest absolute Gasteiger partial charge is 0.257 e. The van der Waals surface area contributed by atoms with Gasteiger partial charge in [0.25, 0.3) is 5.91 Å². The number of pyridine rings is 1. The van der Waals surface area contributed by atoms with Gasteiger partial charge in [0.15, 0.2) is 0 Å². The van der Waals surface area contributed by atoms with E-state index in [1.165, 1.54) is 6.07 Å². The zero-order chi connectivity index (χ0) is 17.2. The molecular formula is C20H15N3O2. The van der Waals surface area contributed by atoms with Gasteiger partial charge in [0.05, 0.1) is 22.5 Å². The maximum Gasteiger partial charge on any atom is 0.257 e. The van der Waals surface area contributed by atoms with Crippen molar-refractivity contribution in [1.82, 2.24) is 9.97 Å². The third-order valence-electron chi connectivity index (χ3n) is 4.06. The summed E-state index contributed by atoms with van der Waals surface area (Å²) in [5.41, 5.74) is 3.21. The van der Waals surface area contributed by atoms with E-state index in [4.69, 9.17) is 0 Å². The van der Waals surface area contributed by atoms with E-state index in [9.17, 15) is 9.59 Å². The molecule has 2 aromatic carbocycles. The Kier molecular flexibility index (Phi) is 3.67. The fourth-order valence-corrected chi connectivity index (χ4v) is 2.88. The molecule has 5 nitrogen and oxygen atoms in total. The number of nitrogens with one attached hydrogen (secondary N) is 3. The summed E-state index contributed by atoms with van der Waals surface area (Å²) in [5.74, 6) is -0.239. The molecule has 0 saturated carbocycles. The number of hydrogen-bond donors (Lipinski definition) is 3. The lowest BCUT2D eigenvalue weighted by molar-refractivity contribution is 0.102. The Morgan fingerprint density at radius 2 is 1.72 bits per heavy atom. The fourth-order valence-electron chi connectivity index (χ4n) is 2.88. The molecule has 2 aromatic heterocycles. The second-order valence-electron chi connectivity index (χ2n) is 5.68. The van der Waals surface area contributed by atoms with Gasteiger partial charge in [-0.3, -0.25) is 9.59 Å². The van der Waals surface area contributed by atoms with Crippen LogP contribution in [0.5, 0.6) is 0 Å². The van der Waals surface area contributed by atoms with E-state index >= 15 is 0 Å². The topological polar surface area (TPSA) is 77.8 Å². The van der Waals surface area contributed by atoms with Crippen LogP contribution in [0.25, 0.3) is 22.2 Å². The Labute approximate surface area is 143 Å². The Bertz CT molecular complexity index is 1110. The predicted octanol–water partition coefficient (Wildman–Crippen LogP) is 3.78. The number of fused-ring (bicyclic) bond motifs is 1. The summed E-state index contributed by atoms with van der Waals surface area (Å²) in [7, 11) is 0. The third-order valence-corrected chi connectivity index (χ3v) is 4.06. The van der Waals surface area contributed by atoms with Crippen molar-refractivity contribution in [3.05, 3.63) is 88.8 Å². The van der Waals surface area contributed by atoms with Crippen molar-refractivity contribution >= 4 is 22.5 Å². The van der Waals surface area contributed by atoms with E-state index in [0.717, 1.165) is 16.6 Å². The first kappa shape index (κ1) is 15.0. The van der Waals surface area contributed by atoms with Crippen LogP contribution in [0.15, 0.2) is 77.7 Å². The van der Waals surface area contributed by atoms with Crippen LogP contribution in [-0.2, 0) is 0 Å². The van der Waals surface area contributed by atoms with Crippen molar-refractivity contribution in [3.8, 4) is 11.3 Å². The Balaban J connectivity index is 1.72. The Morgan fingerprint density at radius 1 is 0.880 bits per heavy atom. The van der Waals surface area contributed by atoms with Crippen LogP contribution in [0.2, 0.25) is 0 Å². The summed E-state index contributed by atoms with van der Waals surface area (Å²) in [6.45, 7) is 0. The predicted molar refractivity (Wildman–Crippen MR) is 98.8 cm³/mol. The molecule has 0 bridgehead atoms. The molecule has 0 saturated heterocycles. The zero-order valence-electron chi connectivity index (χ0n) is 13.2. The van der Waals surface area contributed by atoms with Crippen molar-refractivity contribution in [3.63, 3.8) is 0 Å². The van der Waals surface area contributed by atoms with E-state index in [2.05, 4.69) is 15.3 Å². The Hall–Kier alpha value is -3.60. The number of aromatic amines is 2. The van der Waals surface area contributed by atoms with Gasteiger partial charge in [-0.1, -0.05) is 42.5 Å². The molecule has 0 aliphatic heterocycles. The number of aromatic nitrogens is 2. The molecule has 1 amide bonds. The highest BCUT2D eigenvalue weighted by molar-refractivity contribution is 6.11. The number of carbonyl (C=O) groups is 1. The fraction of sp³-hybridized carbons (Fsp3) is 0. The van der Waals surface area contributed by atoms with Crippen LogP contribution in [0.3, 0.4) is 0 Å². The highest BCUT2D eigenvalue weighted by atomic mass is 16.1. The van der Waals surface area contributed by atoms with E-state index in [0.29, 0.717) is 16.8 Å². The first-order valence-electron chi connectivity index (χ1n) is 7.88. The second-order valence-corrected chi connectivity index (χ2v) is 5.68. The maximum atomic E-state index is 12.8. The van der Waals surface area contributed by atoms with Crippen molar-refractivity contribution < 1.29 is 4.79 Å². The molecule has 0 aliphatic rings. The molecule has 0 radical (unpaired) electrons.